The van der Waals surface area contributed by atoms with Crippen LogP contribution in [0.2, 0.25) is 0 Å². The van der Waals surface area contributed by atoms with E-state index in [0.29, 0.717) is 22.8 Å². The first-order chi connectivity index (χ1) is 13.1. The molecule has 3 heterocycles. The monoisotopic (exact) mass is 362 g/mol. The zero-order chi connectivity index (χ0) is 19.0. The summed E-state index contributed by atoms with van der Waals surface area (Å²) in [4.78, 5) is 21.5. The molecule has 7 heteroatoms. The Bertz CT molecular complexity index is 1180. The van der Waals surface area contributed by atoms with Crippen LogP contribution in [-0.4, -0.2) is 33.8 Å². The summed E-state index contributed by atoms with van der Waals surface area (Å²) in [6.07, 6.45) is 3.37. The van der Waals surface area contributed by atoms with Crippen molar-refractivity contribution >= 4 is 5.65 Å². The lowest BCUT2D eigenvalue weighted by atomic mass is 10.1. The van der Waals surface area contributed by atoms with Crippen molar-refractivity contribution < 1.29 is 9.47 Å². The summed E-state index contributed by atoms with van der Waals surface area (Å²) in [5.74, 6) is 1.25. The lowest BCUT2D eigenvalue weighted by Gasteiger charge is -2.09. The van der Waals surface area contributed by atoms with Crippen molar-refractivity contribution in [3.63, 3.8) is 0 Å². The predicted molar refractivity (Wildman–Crippen MR) is 102 cm³/mol. The van der Waals surface area contributed by atoms with E-state index in [-0.39, 0.29) is 5.56 Å². The molecule has 0 amide bonds. The second-order valence-electron chi connectivity index (χ2n) is 6.06. The van der Waals surface area contributed by atoms with Crippen LogP contribution in [-0.2, 0) is 0 Å². The Balaban J connectivity index is 1.97. The van der Waals surface area contributed by atoms with Crippen molar-refractivity contribution in [1.29, 1.82) is 0 Å². The number of fused-ring (bicyclic) bond motifs is 1. The summed E-state index contributed by atoms with van der Waals surface area (Å²) in [5, 5.41) is 3.09. The fourth-order valence-electron chi connectivity index (χ4n) is 3.15. The average Bonchev–Trinajstić information content (AvgIpc) is 3.04. The molecule has 3 aromatic heterocycles. The summed E-state index contributed by atoms with van der Waals surface area (Å²) in [7, 11) is 3.18. The van der Waals surface area contributed by atoms with Crippen molar-refractivity contribution in [2.45, 2.75) is 6.92 Å². The van der Waals surface area contributed by atoms with Crippen LogP contribution in [0.4, 0.5) is 0 Å². The van der Waals surface area contributed by atoms with E-state index in [1.165, 1.54) is 10.6 Å². The van der Waals surface area contributed by atoms with Gasteiger partial charge >= 0.3 is 0 Å². The lowest BCUT2D eigenvalue weighted by molar-refractivity contribution is 0.355. The highest BCUT2D eigenvalue weighted by Crippen LogP contribution is 2.35. The summed E-state index contributed by atoms with van der Waals surface area (Å²) < 4.78 is 12.2. The van der Waals surface area contributed by atoms with Gasteiger partial charge in [0.1, 0.15) is 0 Å². The number of hydrogen-bond acceptors (Lipinski definition) is 5. The summed E-state index contributed by atoms with van der Waals surface area (Å²) in [5.41, 5.74) is 4.26. The molecule has 0 aliphatic carbocycles. The lowest BCUT2D eigenvalue weighted by Crippen LogP contribution is -2.14. The molecule has 0 spiro atoms. The molecule has 0 unspecified atom stereocenters. The van der Waals surface area contributed by atoms with Gasteiger partial charge in [0.25, 0.3) is 5.56 Å². The minimum atomic E-state index is -0.186. The zero-order valence-corrected chi connectivity index (χ0v) is 15.2. The Morgan fingerprint density at radius 3 is 2.56 bits per heavy atom. The number of nitrogens with zero attached hydrogens (tertiary/aromatic N) is 3. The zero-order valence-electron chi connectivity index (χ0n) is 15.2. The van der Waals surface area contributed by atoms with E-state index in [0.717, 1.165) is 22.4 Å². The highest BCUT2D eigenvalue weighted by Gasteiger charge is 2.17. The highest BCUT2D eigenvalue weighted by molar-refractivity contribution is 5.82. The Hall–Kier alpha value is -3.61. The van der Waals surface area contributed by atoms with E-state index in [4.69, 9.17) is 14.5 Å². The molecule has 0 aliphatic heterocycles. The number of ether oxygens (including phenoxy) is 2. The van der Waals surface area contributed by atoms with Crippen molar-refractivity contribution in [3.8, 4) is 33.9 Å². The van der Waals surface area contributed by atoms with Gasteiger partial charge in [-0.25, -0.2) is 9.50 Å². The third-order valence-corrected chi connectivity index (χ3v) is 4.43. The minimum absolute atomic E-state index is 0.186. The number of nitrogens with one attached hydrogen (secondary N) is 1. The van der Waals surface area contributed by atoms with Crippen LogP contribution in [0.25, 0.3) is 28.0 Å². The summed E-state index contributed by atoms with van der Waals surface area (Å²) in [6, 6.07) is 10.8. The van der Waals surface area contributed by atoms with Gasteiger partial charge in [0, 0.05) is 35.3 Å². The topological polar surface area (TPSA) is 81.5 Å². The highest BCUT2D eigenvalue weighted by atomic mass is 16.5. The molecule has 4 aromatic rings. The maximum Gasteiger partial charge on any atom is 0.273 e. The third-order valence-electron chi connectivity index (χ3n) is 4.43. The SMILES string of the molecule is COc1ccc(-c2c(C)[nH]n3c(=O)cc(-c4cccnc4)nc23)cc1OC. The number of rotatable bonds is 4. The van der Waals surface area contributed by atoms with Crippen molar-refractivity contribution in [1.82, 2.24) is 19.6 Å². The molecule has 1 N–H and O–H groups in total. The maximum atomic E-state index is 12.6. The predicted octanol–water partition coefficient (Wildman–Crippen LogP) is 3.08. The van der Waals surface area contributed by atoms with Crippen LogP contribution in [0.1, 0.15) is 5.69 Å². The number of benzene rings is 1. The molecule has 4 rings (SSSR count). The number of aromatic nitrogens is 4. The first-order valence-electron chi connectivity index (χ1n) is 8.37. The normalized spacial score (nSPS) is 10.9. The van der Waals surface area contributed by atoms with Gasteiger partial charge in [-0.1, -0.05) is 6.07 Å². The molecule has 27 heavy (non-hydrogen) atoms. The van der Waals surface area contributed by atoms with E-state index in [1.807, 2.05) is 37.3 Å². The molecule has 0 bridgehead atoms. The van der Waals surface area contributed by atoms with E-state index in [2.05, 4.69) is 10.1 Å². The largest absolute Gasteiger partial charge is 0.493 e. The fraction of sp³-hybridized carbons (Fsp3) is 0.150. The number of methoxy groups -OCH3 is 2. The molecule has 0 fully saturated rings. The molecule has 1 aromatic carbocycles. The van der Waals surface area contributed by atoms with Crippen LogP contribution in [0, 0.1) is 6.92 Å². The number of hydrogen-bond donors (Lipinski definition) is 1. The summed E-state index contributed by atoms with van der Waals surface area (Å²) >= 11 is 0. The fourth-order valence-corrected chi connectivity index (χ4v) is 3.15. The Morgan fingerprint density at radius 1 is 1.04 bits per heavy atom. The standard InChI is InChI=1S/C20H18N4O3/c1-12-19(13-6-7-16(26-2)17(9-13)27-3)20-22-15(10-18(25)24(20)23-12)14-5-4-8-21-11-14/h4-11,23H,1-3H3. The maximum absolute atomic E-state index is 12.6. The number of H-pyrrole nitrogens is 1. The number of aromatic amines is 1. The molecule has 0 radical (unpaired) electrons. The molecule has 136 valence electrons. The van der Waals surface area contributed by atoms with Gasteiger partial charge in [-0.2, -0.15) is 0 Å². The second-order valence-corrected chi connectivity index (χ2v) is 6.06. The molecule has 0 saturated carbocycles. The third kappa shape index (κ3) is 2.83. The molecule has 0 saturated heterocycles. The quantitative estimate of drug-likeness (QED) is 0.603. The summed E-state index contributed by atoms with van der Waals surface area (Å²) in [6.45, 7) is 1.91. The van der Waals surface area contributed by atoms with E-state index < -0.39 is 0 Å². The smallest absolute Gasteiger partial charge is 0.273 e. The Labute approximate surface area is 155 Å². The van der Waals surface area contributed by atoms with E-state index in [9.17, 15) is 4.79 Å². The van der Waals surface area contributed by atoms with Gasteiger partial charge in [-0.3, -0.25) is 14.9 Å². The average molecular weight is 362 g/mol. The number of pyridine rings is 1. The van der Waals surface area contributed by atoms with Crippen molar-refractivity contribution in [2.75, 3.05) is 14.2 Å². The van der Waals surface area contributed by atoms with Gasteiger partial charge in [0.15, 0.2) is 17.1 Å². The number of aryl methyl sites for hydroxylation is 1. The van der Waals surface area contributed by atoms with Gasteiger partial charge in [-0.15, -0.1) is 0 Å². The Morgan fingerprint density at radius 2 is 1.85 bits per heavy atom. The van der Waals surface area contributed by atoms with Gasteiger partial charge in [0.2, 0.25) is 0 Å². The van der Waals surface area contributed by atoms with Crippen molar-refractivity contribution in [3.05, 3.63) is 64.8 Å². The molecular formula is C20H18N4O3. The van der Waals surface area contributed by atoms with Gasteiger partial charge in [0.05, 0.1) is 19.9 Å². The molecular weight excluding hydrogens is 344 g/mol. The van der Waals surface area contributed by atoms with E-state index in [1.54, 1.807) is 26.6 Å². The van der Waals surface area contributed by atoms with Crippen molar-refractivity contribution in [2.24, 2.45) is 0 Å². The molecule has 0 aliphatic rings. The van der Waals surface area contributed by atoms with Crippen LogP contribution >= 0.6 is 0 Å². The van der Waals surface area contributed by atoms with Crippen LogP contribution in [0.3, 0.4) is 0 Å². The Kier molecular flexibility index (Phi) is 4.12. The van der Waals surface area contributed by atoms with Crippen LogP contribution in [0.5, 0.6) is 11.5 Å². The molecule has 0 atom stereocenters. The van der Waals surface area contributed by atoms with Crippen LogP contribution in [0.15, 0.2) is 53.6 Å². The molecule has 7 nitrogen and oxygen atoms in total. The van der Waals surface area contributed by atoms with Crippen LogP contribution < -0.4 is 15.0 Å². The first-order valence-corrected chi connectivity index (χ1v) is 8.37. The van der Waals surface area contributed by atoms with Gasteiger partial charge < -0.3 is 9.47 Å². The minimum Gasteiger partial charge on any atom is -0.493 e. The van der Waals surface area contributed by atoms with Gasteiger partial charge in [-0.05, 0) is 36.8 Å². The second kappa shape index (κ2) is 6.60. The first kappa shape index (κ1) is 16.8. The van der Waals surface area contributed by atoms with E-state index >= 15 is 0 Å².